The van der Waals surface area contributed by atoms with Gasteiger partial charge < -0.3 is 10.1 Å². The Morgan fingerprint density at radius 2 is 1.69 bits per heavy atom. The quantitative estimate of drug-likeness (QED) is 0.430. The van der Waals surface area contributed by atoms with Crippen LogP contribution in [-0.2, 0) is 4.74 Å². The Morgan fingerprint density at radius 1 is 1.00 bits per heavy atom. The molecule has 0 fully saturated rings. The molecular formula is C21H17N3O2. The van der Waals surface area contributed by atoms with Gasteiger partial charge in [0.1, 0.15) is 5.82 Å². The fraction of sp³-hybridized carbons (Fsp3) is 0.0952. The molecule has 0 unspecified atom stereocenters. The van der Waals surface area contributed by atoms with Crippen molar-refractivity contribution in [1.29, 1.82) is 0 Å². The molecule has 0 aliphatic rings. The Bertz CT molecular complexity index is 1110. The standard InChI is InChI=1S/C21H17N3O2/c1-2-26-21(25)16-9-5-6-10-17(16)23-20-13-22-18-11-14-7-3-4-8-15(14)12-19(18)24-20/h3-13H,2H2,1H3,(H,23,24). The van der Waals surface area contributed by atoms with Crippen LogP contribution in [0.5, 0.6) is 0 Å². The van der Waals surface area contributed by atoms with Crippen LogP contribution in [0.1, 0.15) is 17.3 Å². The number of ether oxygens (including phenoxy) is 1. The second kappa shape index (κ2) is 6.80. The number of rotatable bonds is 4. The number of hydrogen-bond donors (Lipinski definition) is 1. The second-order valence-corrected chi connectivity index (χ2v) is 5.83. The minimum atomic E-state index is -0.365. The van der Waals surface area contributed by atoms with Gasteiger partial charge in [0, 0.05) is 0 Å². The van der Waals surface area contributed by atoms with Crippen LogP contribution in [0.4, 0.5) is 11.5 Å². The summed E-state index contributed by atoms with van der Waals surface area (Å²) in [6.45, 7) is 2.11. The van der Waals surface area contributed by atoms with Crippen LogP contribution in [0.25, 0.3) is 21.8 Å². The Balaban J connectivity index is 1.72. The summed E-state index contributed by atoms with van der Waals surface area (Å²) in [5.41, 5.74) is 2.73. The van der Waals surface area contributed by atoms with Crippen LogP contribution in [0.2, 0.25) is 0 Å². The molecule has 0 spiro atoms. The van der Waals surface area contributed by atoms with E-state index in [1.165, 1.54) is 0 Å². The van der Waals surface area contributed by atoms with Crippen molar-refractivity contribution in [2.24, 2.45) is 0 Å². The molecule has 0 atom stereocenters. The average molecular weight is 343 g/mol. The molecule has 0 aliphatic carbocycles. The number of anilines is 2. The number of aromatic nitrogens is 2. The highest BCUT2D eigenvalue weighted by Gasteiger charge is 2.12. The molecule has 0 bridgehead atoms. The van der Waals surface area contributed by atoms with Gasteiger partial charge in [0.25, 0.3) is 0 Å². The van der Waals surface area contributed by atoms with Crippen LogP contribution in [-0.4, -0.2) is 22.5 Å². The highest BCUT2D eigenvalue weighted by Crippen LogP contribution is 2.24. The maximum absolute atomic E-state index is 12.1. The number of hydrogen-bond acceptors (Lipinski definition) is 5. The van der Waals surface area contributed by atoms with Gasteiger partial charge in [0.05, 0.1) is 35.1 Å². The molecule has 5 nitrogen and oxygen atoms in total. The van der Waals surface area contributed by atoms with E-state index in [-0.39, 0.29) is 5.97 Å². The number of carbonyl (C=O) groups is 1. The van der Waals surface area contributed by atoms with Crippen molar-refractivity contribution in [3.05, 3.63) is 72.4 Å². The van der Waals surface area contributed by atoms with Crippen molar-refractivity contribution >= 4 is 39.3 Å². The van der Waals surface area contributed by atoms with Crippen molar-refractivity contribution in [2.75, 3.05) is 11.9 Å². The second-order valence-electron chi connectivity index (χ2n) is 5.83. The van der Waals surface area contributed by atoms with Gasteiger partial charge in [0.2, 0.25) is 0 Å². The van der Waals surface area contributed by atoms with E-state index >= 15 is 0 Å². The van der Waals surface area contributed by atoms with Crippen molar-refractivity contribution in [1.82, 2.24) is 9.97 Å². The minimum Gasteiger partial charge on any atom is -0.462 e. The molecule has 128 valence electrons. The molecule has 4 rings (SSSR count). The minimum absolute atomic E-state index is 0.329. The third-order valence-electron chi connectivity index (χ3n) is 4.09. The summed E-state index contributed by atoms with van der Waals surface area (Å²) in [6.07, 6.45) is 1.67. The molecule has 3 aromatic carbocycles. The van der Waals surface area contributed by atoms with Crippen molar-refractivity contribution in [2.45, 2.75) is 6.92 Å². The molecule has 1 aromatic heterocycles. The molecule has 5 heteroatoms. The molecule has 1 heterocycles. The zero-order valence-corrected chi connectivity index (χ0v) is 14.3. The summed E-state index contributed by atoms with van der Waals surface area (Å²) >= 11 is 0. The van der Waals surface area contributed by atoms with Gasteiger partial charge in [0.15, 0.2) is 0 Å². The van der Waals surface area contributed by atoms with E-state index in [2.05, 4.69) is 21.4 Å². The van der Waals surface area contributed by atoms with Crippen LogP contribution >= 0.6 is 0 Å². The number of nitrogens with one attached hydrogen (secondary N) is 1. The van der Waals surface area contributed by atoms with Crippen LogP contribution < -0.4 is 5.32 Å². The fourth-order valence-corrected chi connectivity index (χ4v) is 2.88. The Morgan fingerprint density at radius 3 is 2.46 bits per heavy atom. The Labute approximate surface area is 150 Å². The van der Waals surface area contributed by atoms with Crippen LogP contribution in [0.3, 0.4) is 0 Å². The maximum Gasteiger partial charge on any atom is 0.340 e. The summed E-state index contributed by atoms with van der Waals surface area (Å²) < 4.78 is 5.11. The Kier molecular flexibility index (Phi) is 4.19. The van der Waals surface area contributed by atoms with E-state index in [4.69, 9.17) is 4.74 Å². The van der Waals surface area contributed by atoms with Crippen LogP contribution in [0, 0.1) is 0 Å². The molecule has 4 aromatic rings. The summed E-state index contributed by atoms with van der Waals surface area (Å²) in [4.78, 5) is 21.3. The number of esters is 1. The first-order valence-corrected chi connectivity index (χ1v) is 8.43. The topological polar surface area (TPSA) is 64.1 Å². The Hall–Kier alpha value is -3.47. The van der Waals surface area contributed by atoms with Gasteiger partial charge in [-0.25, -0.2) is 9.78 Å². The van der Waals surface area contributed by atoms with Crippen molar-refractivity contribution < 1.29 is 9.53 Å². The molecule has 1 N–H and O–H groups in total. The zero-order chi connectivity index (χ0) is 17.9. The van der Waals surface area contributed by atoms with Gasteiger partial charge in [-0.05, 0) is 42.0 Å². The lowest BCUT2D eigenvalue weighted by atomic mass is 10.1. The number of benzene rings is 3. The zero-order valence-electron chi connectivity index (χ0n) is 14.3. The van der Waals surface area contributed by atoms with Gasteiger partial charge in [-0.2, -0.15) is 0 Å². The largest absolute Gasteiger partial charge is 0.462 e. The van der Waals surface area contributed by atoms with E-state index in [1.54, 1.807) is 25.3 Å². The molecule has 0 amide bonds. The third-order valence-corrected chi connectivity index (χ3v) is 4.09. The van der Waals surface area contributed by atoms with E-state index < -0.39 is 0 Å². The van der Waals surface area contributed by atoms with Crippen LogP contribution in [0.15, 0.2) is 66.9 Å². The molecule has 0 aliphatic heterocycles. The lowest BCUT2D eigenvalue weighted by Crippen LogP contribution is -2.08. The molecule has 0 radical (unpaired) electrons. The fourth-order valence-electron chi connectivity index (χ4n) is 2.88. The molecule has 0 saturated heterocycles. The first-order valence-electron chi connectivity index (χ1n) is 8.43. The lowest BCUT2D eigenvalue weighted by Gasteiger charge is -2.11. The van der Waals surface area contributed by atoms with E-state index in [0.29, 0.717) is 23.7 Å². The number of carbonyl (C=O) groups excluding carboxylic acids is 1. The lowest BCUT2D eigenvalue weighted by molar-refractivity contribution is 0.0527. The first-order chi connectivity index (χ1) is 12.7. The van der Waals surface area contributed by atoms with Gasteiger partial charge in [-0.15, -0.1) is 0 Å². The summed E-state index contributed by atoms with van der Waals surface area (Å²) in [5.74, 6) is 0.208. The van der Waals surface area contributed by atoms with Gasteiger partial charge >= 0.3 is 5.97 Å². The highest BCUT2D eigenvalue weighted by molar-refractivity contribution is 5.97. The number of para-hydroxylation sites is 1. The SMILES string of the molecule is CCOC(=O)c1ccccc1Nc1cnc2cc3ccccc3cc2n1. The van der Waals surface area contributed by atoms with Gasteiger partial charge in [-0.1, -0.05) is 36.4 Å². The highest BCUT2D eigenvalue weighted by atomic mass is 16.5. The molecule has 0 saturated carbocycles. The monoisotopic (exact) mass is 343 g/mol. The summed E-state index contributed by atoms with van der Waals surface area (Å²) in [5, 5.41) is 5.41. The smallest absolute Gasteiger partial charge is 0.340 e. The summed E-state index contributed by atoms with van der Waals surface area (Å²) in [6, 6.07) is 19.3. The van der Waals surface area contributed by atoms with Gasteiger partial charge in [-0.3, -0.25) is 4.98 Å². The van der Waals surface area contributed by atoms with E-state index in [1.807, 2.05) is 42.5 Å². The van der Waals surface area contributed by atoms with Crippen molar-refractivity contribution in [3.63, 3.8) is 0 Å². The van der Waals surface area contributed by atoms with Crippen molar-refractivity contribution in [3.8, 4) is 0 Å². The third kappa shape index (κ3) is 3.07. The number of nitrogens with zero attached hydrogens (tertiary/aromatic N) is 2. The average Bonchev–Trinajstić information content (AvgIpc) is 2.67. The van der Waals surface area contributed by atoms with E-state index in [9.17, 15) is 4.79 Å². The number of fused-ring (bicyclic) bond motifs is 2. The first kappa shape index (κ1) is 16.0. The normalized spacial score (nSPS) is 10.8. The maximum atomic E-state index is 12.1. The summed E-state index contributed by atoms with van der Waals surface area (Å²) in [7, 11) is 0. The molecular weight excluding hydrogens is 326 g/mol. The molecule has 26 heavy (non-hydrogen) atoms. The van der Waals surface area contributed by atoms with E-state index in [0.717, 1.165) is 21.8 Å². The predicted octanol–water partition coefficient (Wildman–Crippen LogP) is 4.70. The predicted molar refractivity (Wildman–Crippen MR) is 103 cm³/mol.